The molecule has 2 amide bonds. The van der Waals surface area contributed by atoms with Crippen LogP contribution in [0.5, 0.6) is 11.5 Å². The number of hydrogen-bond donors (Lipinski definition) is 1. The quantitative estimate of drug-likeness (QED) is 0.341. The molecule has 1 aliphatic heterocycles. The largest absolute Gasteiger partial charge is 0.497 e. The highest BCUT2D eigenvalue weighted by atomic mass is 32.1. The zero-order chi connectivity index (χ0) is 23.5. The first-order chi connectivity index (χ1) is 15.9. The van der Waals surface area contributed by atoms with Gasteiger partial charge in [0.15, 0.2) is 5.11 Å². The average Bonchev–Trinajstić information content (AvgIpc) is 3.18. The number of nitrogens with zero attached hydrogens (tertiary/aromatic N) is 2. The molecule has 0 radical (unpaired) electrons. The number of nitrogens with one attached hydrogen (secondary N) is 1. The first-order valence-electron chi connectivity index (χ1n) is 10.4. The second-order valence-electron chi connectivity index (χ2n) is 7.37. The lowest BCUT2D eigenvalue weighted by Crippen LogP contribution is -2.54. The smallest absolute Gasteiger partial charge is 0.270 e. The first-order valence-corrected chi connectivity index (χ1v) is 10.8. The number of methoxy groups -OCH3 is 1. The Labute approximate surface area is 197 Å². The van der Waals surface area contributed by atoms with E-state index < -0.39 is 11.8 Å². The molecule has 2 aromatic carbocycles. The van der Waals surface area contributed by atoms with E-state index in [1.54, 1.807) is 37.5 Å². The number of aromatic nitrogens is 1. The molecule has 1 N–H and O–H groups in total. The molecule has 7 nitrogen and oxygen atoms in total. The number of hydrogen-bond acceptors (Lipinski definition) is 5. The van der Waals surface area contributed by atoms with Crippen LogP contribution in [0, 0.1) is 6.92 Å². The van der Waals surface area contributed by atoms with Gasteiger partial charge in [0, 0.05) is 17.6 Å². The zero-order valence-electron chi connectivity index (χ0n) is 18.5. The Morgan fingerprint density at radius 3 is 2.27 bits per heavy atom. The van der Waals surface area contributed by atoms with Crippen molar-refractivity contribution in [3.63, 3.8) is 0 Å². The van der Waals surface area contributed by atoms with Crippen molar-refractivity contribution >= 4 is 40.9 Å². The number of carbonyl (C=O) groups is 2. The van der Waals surface area contributed by atoms with Crippen LogP contribution >= 0.6 is 12.2 Å². The minimum atomic E-state index is -0.526. The van der Waals surface area contributed by atoms with Gasteiger partial charge in [0.1, 0.15) is 17.1 Å². The summed E-state index contributed by atoms with van der Waals surface area (Å²) in [7, 11) is 1.62. The topological polar surface area (TPSA) is 72.8 Å². The fourth-order valence-electron chi connectivity index (χ4n) is 3.62. The molecule has 0 bridgehead atoms. The molecular formula is C25H23N3O4S. The highest BCUT2D eigenvalue weighted by Crippen LogP contribution is 2.25. The maximum absolute atomic E-state index is 13.3. The van der Waals surface area contributed by atoms with Gasteiger partial charge in [-0.3, -0.25) is 19.8 Å². The predicted octanol–water partition coefficient (Wildman–Crippen LogP) is 4.02. The number of amides is 2. The summed E-state index contributed by atoms with van der Waals surface area (Å²) in [6.45, 7) is 4.39. The number of anilines is 1. The van der Waals surface area contributed by atoms with Gasteiger partial charge in [0.2, 0.25) is 0 Å². The molecule has 8 heteroatoms. The lowest BCUT2D eigenvalue weighted by atomic mass is 10.1. The predicted molar refractivity (Wildman–Crippen MR) is 131 cm³/mol. The highest BCUT2D eigenvalue weighted by molar-refractivity contribution is 7.80. The van der Waals surface area contributed by atoms with Crippen LogP contribution in [0.2, 0.25) is 0 Å². The lowest BCUT2D eigenvalue weighted by Gasteiger charge is -2.29. The molecule has 0 unspecified atom stereocenters. The SMILES string of the molecule is CCOc1ccc(N2C(=O)/C(=C\c3cc(C)n(-c4ccc(OC)cc4)c3)C(=O)NC2=S)cc1. The van der Waals surface area contributed by atoms with Crippen LogP contribution < -0.4 is 19.7 Å². The Bertz CT molecular complexity index is 1240. The van der Waals surface area contributed by atoms with Gasteiger partial charge in [-0.05, 0) is 92.3 Å². The van der Waals surface area contributed by atoms with Crippen LogP contribution in [0.4, 0.5) is 5.69 Å². The van der Waals surface area contributed by atoms with Gasteiger partial charge in [-0.15, -0.1) is 0 Å². The molecule has 1 saturated heterocycles. The molecule has 1 fully saturated rings. The Kier molecular flexibility index (Phi) is 6.28. The molecule has 1 aliphatic rings. The zero-order valence-corrected chi connectivity index (χ0v) is 19.3. The maximum atomic E-state index is 13.3. The Morgan fingerprint density at radius 1 is 1.00 bits per heavy atom. The standard InChI is InChI=1S/C25H23N3O4S/c1-4-32-21-11-7-19(8-12-21)28-24(30)22(23(29)26-25(28)33)14-17-13-16(2)27(15-17)18-5-9-20(31-3)10-6-18/h5-15H,4H2,1-3H3,(H,26,29,33)/b22-14-. The number of rotatable bonds is 6. The molecule has 4 rings (SSSR count). The van der Waals surface area contributed by atoms with E-state index >= 15 is 0 Å². The Morgan fingerprint density at radius 2 is 1.64 bits per heavy atom. The van der Waals surface area contributed by atoms with Crippen molar-refractivity contribution < 1.29 is 19.1 Å². The Balaban J connectivity index is 1.65. The molecule has 1 aromatic heterocycles. The third kappa shape index (κ3) is 4.51. The molecule has 168 valence electrons. The molecule has 0 saturated carbocycles. The second kappa shape index (κ2) is 9.30. The van der Waals surface area contributed by atoms with Crippen molar-refractivity contribution in [2.75, 3.05) is 18.6 Å². The normalized spacial score (nSPS) is 15.1. The van der Waals surface area contributed by atoms with Crippen molar-refractivity contribution in [2.45, 2.75) is 13.8 Å². The van der Waals surface area contributed by atoms with Gasteiger partial charge in [-0.25, -0.2) is 0 Å². The van der Waals surface area contributed by atoms with Crippen molar-refractivity contribution in [2.24, 2.45) is 0 Å². The molecule has 33 heavy (non-hydrogen) atoms. The van der Waals surface area contributed by atoms with E-state index in [9.17, 15) is 9.59 Å². The molecule has 0 atom stereocenters. The summed E-state index contributed by atoms with van der Waals surface area (Å²) in [6, 6.07) is 16.5. The summed E-state index contributed by atoms with van der Waals surface area (Å²) in [6.07, 6.45) is 3.45. The number of thiocarbonyl (C=S) groups is 1. The molecule has 2 heterocycles. The van der Waals surface area contributed by atoms with Crippen LogP contribution in [-0.2, 0) is 9.59 Å². The number of benzene rings is 2. The molecule has 3 aromatic rings. The van der Waals surface area contributed by atoms with Crippen molar-refractivity contribution in [1.82, 2.24) is 9.88 Å². The highest BCUT2D eigenvalue weighted by Gasteiger charge is 2.34. The third-order valence-corrected chi connectivity index (χ3v) is 5.49. The summed E-state index contributed by atoms with van der Waals surface area (Å²) < 4.78 is 12.6. The van der Waals surface area contributed by atoms with Gasteiger partial charge in [-0.1, -0.05) is 0 Å². The van der Waals surface area contributed by atoms with Crippen molar-refractivity contribution in [3.05, 3.63) is 77.6 Å². The van der Waals surface area contributed by atoms with E-state index in [1.165, 1.54) is 4.90 Å². The summed E-state index contributed by atoms with van der Waals surface area (Å²) >= 11 is 5.27. The van der Waals surface area contributed by atoms with E-state index in [4.69, 9.17) is 21.7 Å². The van der Waals surface area contributed by atoms with Crippen LogP contribution in [-0.4, -0.2) is 35.2 Å². The molecular weight excluding hydrogens is 438 g/mol. The lowest BCUT2D eigenvalue weighted by molar-refractivity contribution is -0.122. The van der Waals surface area contributed by atoms with E-state index in [-0.39, 0.29) is 10.7 Å². The van der Waals surface area contributed by atoms with E-state index in [0.29, 0.717) is 18.0 Å². The van der Waals surface area contributed by atoms with Crippen LogP contribution in [0.3, 0.4) is 0 Å². The van der Waals surface area contributed by atoms with Gasteiger partial charge in [0.05, 0.1) is 19.4 Å². The van der Waals surface area contributed by atoms with Gasteiger partial charge >= 0.3 is 0 Å². The number of carbonyl (C=O) groups excluding carboxylic acids is 2. The summed E-state index contributed by atoms with van der Waals surface area (Å²) in [5.41, 5.74) is 3.17. The minimum absolute atomic E-state index is 0.00404. The average molecular weight is 462 g/mol. The molecule has 0 aliphatic carbocycles. The van der Waals surface area contributed by atoms with E-state index in [2.05, 4.69) is 5.32 Å². The maximum Gasteiger partial charge on any atom is 0.270 e. The first kappa shape index (κ1) is 22.3. The number of ether oxygens (including phenoxy) is 2. The summed E-state index contributed by atoms with van der Waals surface area (Å²) in [4.78, 5) is 27.2. The Hall–Kier alpha value is -3.91. The van der Waals surface area contributed by atoms with E-state index in [1.807, 2.05) is 54.9 Å². The monoisotopic (exact) mass is 461 g/mol. The van der Waals surface area contributed by atoms with E-state index in [0.717, 1.165) is 22.7 Å². The number of aryl methyl sites for hydroxylation is 1. The minimum Gasteiger partial charge on any atom is -0.497 e. The van der Waals surface area contributed by atoms with Gasteiger partial charge in [-0.2, -0.15) is 0 Å². The van der Waals surface area contributed by atoms with Crippen LogP contribution in [0.1, 0.15) is 18.2 Å². The fourth-order valence-corrected chi connectivity index (χ4v) is 3.90. The van der Waals surface area contributed by atoms with Crippen LogP contribution in [0.15, 0.2) is 66.4 Å². The van der Waals surface area contributed by atoms with Gasteiger partial charge < -0.3 is 14.0 Å². The van der Waals surface area contributed by atoms with Crippen molar-refractivity contribution in [3.8, 4) is 17.2 Å². The van der Waals surface area contributed by atoms with Gasteiger partial charge in [0.25, 0.3) is 11.8 Å². The third-order valence-electron chi connectivity index (χ3n) is 5.20. The summed E-state index contributed by atoms with van der Waals surface area (Å²) in [5, 5.41) is 2.65. The summed E-state index contributed by atoms with van der Waals surface area (Å²) in [5.74, 6) is 0.442. The van der Waals surface area contributed by atoms with Crippen LogP contribution in [0.25, 0.3) is 11.8 Å². The molecule has 0 spiro atoms. The van der Waals surface area contributed by atoms with Crippen molar-refractivity contribution in [1.29, 1.82) is 0 Å². The second-order valence-corrected chi connectivity index (χ2v) is 7.75. The fraction of sp³-hybridized carbons (Fsp3) is 0.160.